The van der Waals surface area contributed by atoms with Gasteiger partial charge in [0.15, 0.2) is 0 Å². The van der Waals surface area contributed by atoms with Gasteiger partial charge in [0.25, 0.3) is 0 Å². The van der Waals surface area contributed by atoms with Gasteiger partial charge in [-0.15, -0.1) is 0 Å². The summed E-state index contributed by atoms with van der Waals surface area (Å²) in [7, 11) is 0. The largest absolute Gasteiger partial charge is 0.387 e. The molecule has 0 saturated heterocycles. The minimum Gasteiger partial charge on any atom is -0.387 e. The first-order valence-electron chi connectivity index (χ1n) is 5.12. The molecule has 2 rings (SSSR count). The van der Waals surface area contributed by atoms with Crippen LogP contribution in [0.4, 0.5) is 0 Å². The van der Waals surface area contributed by atoms with E-state index in [1.165, 1.54) is 25.7 Å². The molecule has 0 amide bonds. The van der Waals surface area contributed by atoms with Gasteiger partial charge in [-0.1, -0.05) is 12.8 Å². The van der Waals surface area contributed by atoms with Crippen LogP contribution in [0.15, 0.2) is 12.3 Å². The molecule has 4 heteroatoms. The van der Waals surface area contributed by atoms with Gasteiger partial charge in [0.2, 0.25) is 0 Å². The monoisotopic (exact) mass is 192 g/mol. The van der Waals surface area contributed by atoms with Crippen molar-refractivity contribution in [1.82, 2.24) is 9.78 Å². The Morgan fingerprint density at radius 1 is 1.57 bits per heavy atom. The van der Waals surface area contributed by atoms with Crippen molar-refractivity contribution in [1.29, 1.82) is 5.41 Å². The lowest BCUT2D eigenvalue weighted by molar-refractivity contribution is 0.454. The van der Waals surface area contributed by atoms with E-state index in [9.17, 15) is 0 Å². The van der Waals surface area contributed by atoms with Crippen LogP contribution in [-0.2, 0) is 6.42 Å². The molecule has 3 N–H and O–H groups in total. The highest BCUT2D eigenvalue weighted by Crippen LogP contribution is 2.29. The van der Waals surface area contributed by atoms with E-state index in [1.54, 1.807) is 6.20 Å². The highest BCUT2D eigenvalue weighted by Gasteiger charge is 2.19. The molecule has 14 heavy (non-hydrogen) atoms. The van der Waals surface area contributed by atoms with Gasteiger partial charge in [-0.05, 0) is 18.9 Å². The zero-order valence-corrected chi connectivity index (χ0v) is 8.24. The summed E-state index contributed by atoms with van der Waals surface area (Å²) in [6, 6.07) is 2.50. The molecule has 1 aromatic rings. The number of hydrogen-bond donors (Lipinski definition) is 2. The fourth-order valence-corrected chi connectivity index (χ4v) is 2.15. The fourth-order valence-electron chi connectivity index (χ4n) is 2.15. The second kappa shape index (κ2) is 3.82. The van der Waals surface area contributed by atoms with Crippen LogP contribution in [0.3, 0.4) is 0 Å². The number of aromatic nitrogens is 2. The van der Waals surface area contributed by atoms with Gasteiger partial charge in [0.1, 0.15) is 0 Å². The van der Waals surface area contributed by atoms with Crippen molar-refractivity contribution in [2.75, 3.05) is 0 Å². The average molecular weight is 192 g/mol. The molecule has 1 heterocycles. The molecule has 76 valence electrons. The molecular formula is C10H16N4. The first-order chi connectivity index (χ1) is 6.77. The third kappa shape index (κ3) is 1.78. The molecule has 1 saturated carbocycles. The van der Waals surface area contributed by atoms with Crippen molar-refractivity contribution in [3.8, 4) is 0 Å². The van der Waals surface area contributed by atoms with Gasteiger partial charge in [-0.25, -0.2) is 0 Å². The minimum atomic E-state index is 0.213. The summed E-state index contributed by atoms with van der Waals surface area (Å²) in [6.45, 7) is 0. The van der Waals surface area contributed by atoms with Crippen molar-refractivity contribution in [2.45, 2.75) is 38.1 Å². The average Bonchev–Trinajstić information content (AvgIpc) is 2.70. The van der Waals surface area contributed by atoms with Crippen molar-refractivity contribution in [3.63, 3.8) is 0 Å². The highest BCUT2D eigenvalue weighted by molar-refractivity contribution is 5.79. The molecular weight excluding hydrogens is 176 g/mol. The van der Waals surface area contributed by atoms with Crippen molar-refractivity contribution in [3.05, 3.63) is 18.0 Å². The van der Waals surface area contributed by atoms with E-state index in [1.807, 2.05) is 6.07 Å². The predicted molar refractivity (Wildman–Crippen MR) is 55.4 cm³/mol. The van der Waals surface area contributed by atoms with E-state index in [0.29, 0.717) is 12.5 Å². The molecule has 1 aromatic heterocycles. The van der Waals surface area contributed by atoms with Crippen LogP contribution in [0.5, 0.6) is 0 Å². The van der Waals surface area contributed by atoms with Gasteiger partial charge in [0, 0.05) is 18.3 Å². The number of amidine groups is 1. The normalized spacial score (nSPS) is 17.4. The Hall–Kier alpha value is -1.32. The molecule has 1 aliphatic rings. The van der Waals surface area contributed by atoms with Gasteiger partial charge in [0.05, 0.1) is 11.9 Å². The van der Waals surface area contributed by atoms with Crippen molar-refractivity contribution >= 4 is 5.84 Å². The van der Waals surface area contributed by atoms with Gasteiger partial charge < -0.3 is 5.73 Å². The summed E-state index contributed by atoms with van der Waals surface area (Å²) in [6.07, 6.45) is 7.35. The molecule has 0 spiro atoms. The summed E-state index contributed by atoms with van der Waals surface area (Å²) in [5, 5.41) is 11.6. The summed E-state index contributed by atoms with van der Waals surface area (Å²) in [5.74, 6) is 0.213. The van der Waals surface area contributed by atoms with Crippen LogP contribution in [0, 0.1) is 5.41 Å². The molecule has 1 aliphatic carbocycles. The smallest absolute Gasteiger partial charge is 0.0965 e. The molecule has 0 atom stereocenters. The zero-order chi connectivity index (χ0) is 9.97. The van der Waals surface area contributed by atoms with Gasteiger partial charge in [-0.3, -0.25) is 10.1 Å². The molecule has 1 fully saturated rings. The Bertz CT molecular complexity index is 323. The van der Waals surface area contributed by atoms with Crippen LogP contribution >= 0.6 is 0 Å². The molecule has 0 aliphatic heterocycles. The maximum absolute atomic E-state index is 7.27. The summed E-state index contributed by atoms with van der Waals surface area (Å²) in [5.41, 5.74) is 6.47. The maximum atomic E-state index is 7.27. The van der Waals surface area contributed by atoms with E-state index in [-0.39, 0.29) is 5.84 Å². The minimum absolute atomic E-state index is 0.213. The number of hydrogen-bond acceptors (Lipinski definition) is 2. The fraction of sp³-hybridized carbons (Fsp3) is 0.600. The summed E-state index contributed by atoms with van der Waals surface area (Å²) < 4.78 is 2.05. The molecule has 0 aromatic carbocycles. The van der Waals surface area contributed by atoms with Crippen LogP contribution in [0.2, 0.25) is 0 Å². The summed E-state index contributed by atoms with van der Waals surface area (Å²) in [4.78, 5) is 0. The van der Waals surface area contributed by atoms with E-state index in [2.05, 4.69) is 9.78 Å². The molecule has 0 radical (unpaired) electrons. The van der Waals surface area contributed by atoms with Gasteiger partial charge >= 0.3 is 0 Å². The third-order valence-corrected chi connectivity index (χ3v) is 2.79. The first-order valence-corrected chi connectivity index (χ1v) is 5.12. The zero-order valence-electron chi connectivity index (χ0n) is 8.24. The number of rotatable bonds is 3. The number of nitrogens with two attached hydrogens (primary N) is 1. The van der Waals surface area contributed by atoms with Crippen LogP contribution < -0.4 is 5.73 Å². The van der Waals surface area contributed by atoms with Crippen LogP contribution in [-0.4, -0.2) is 15.6 Å². The molecule has 4 nitrogen and oxygen atoms in total. The van der Waals surface area contributed by atoms with Crippen molar-refractivity contribution < 1.29 is 0 Å². The lowest BCUT2D eigenvalue weighted by atomic mass is 10.2. The molecule has 0 bridgehead atoms. The summed E-state index contributed by atoms with van der Waals surface area (Å²) >= 11 is 0. The Morgan fingerprint density at radius 3 is 2.93 bits per heavy atom. The number of nitrogens with zero attached hydrogens (tertiary/aromatic N) is 2. The predicted octanol–water partition coefficient (Wildman–Crippen LogP) is 1.48. The molecule has 0 unspecified atom stereocenters. The standard InChI is InChI=1S/C10H16N4/c11-10(12)7-9-5-6-13-14(9)8-3-1-2-4-8/h5-6,8H,1-4,7H2,(H3,11,12). The Labute approximate surface area is 83.6 Å². The second-order valence-corrected chi connectivity index (χ2v) is 3.91. The lowest BCUT2D eigenvalue weighted by Crippen LogP contribution is -2.18. The SMILES string of the molecule is N=C(N)Cc1ccnn1C1CCCC1. The topological polar surface area (TPSA) is 67.7 Å². The van der Waals surface area contributed by atoms with E-state index < -0.39 is 0 Å². The Kier molecular flexibility index (Phi) is 2.52. The van der Waals surface area contributed by atoms with E-state index in [0.717, 1.165) is 5.69 Å². The van der Waals surface area contributed by atoms with Crippen LogP contribution in [0.1, 0.15) is 37.4 Å². The first kappa shape index (κ1) is 9.24. The lowest BCUT2D eigenvalue weighted by Gasteiger charge is -2.13. The maximum Gasteiger partial charge on any atom is 0.0965 e. The third-order valence-electron chi connectivity index (χ3n) is 2.79. The number of nitrogens with one attached hydrogen (secondary N) is 1. The van der Waals surface area contributed by atoms with E-state index in [4.69, 9.17) is 11.1 Å². The highest BCUT2D eigenvalue weighted by atomic mass is 15.3. The quantitative estimate of drug-likeness (QED) is 0.562. The van der Waals surface area contributed by atoms with Crippen molar-refractivity contribution in [2.24, 2.45) is 5.73 Å². The second-order valence-electron chi connectivity index (χ2n) is 3.91. The van der Waals surface area contributed by atoms with Crippen LogP contribution in [0.25, 0.3) is 0 Å². The van der Waals surface area contributed by atoms with E-state index >= 15 is 0 Å². The Balaban J connectivity index is 2.15. The Morgan fingerprint density at radius 2 is 2.29 bits per heavy atom. The van der Waals surface area contributed by atoms with Gasteiger partial charge in [-0.2, -0.15) is 5.10 Å².